The molecular formula is C14H9ClF4O. The molecule has 0 spiro atoms. The lowest BCUT2D eigenvalue weighted by Crippen LogP contribution is -2.03. The van der Waals surface area contributed by atoms with Crippen molar-refractivity contribution >= 4 is 11.6 Å². The maximum Gasteiger partial charge on any atom is 0.204 e. The van der Waals surface area contributed by atoms with Crippen molar-refractivity contribution in [2.75, 3.05) is 7.11 Å². The fourth-order valence-corrected chi connectivity index (χ4v) is 1.97. The Balaban J connectivity index is 2.77. The molecule has 0 saturated carbocycles. The van der Waals surface area contributed by atoms with E-state index in [1.807, 2.05) is 0 Å². The van der Waals surface area contributed by atoms with Crippen LogP contribution < -0.4 is 4.74 Å². The average Bonchev–Trinajstić information content (AvgIpc) is 2.41. The van der Waals surface area contributed by atoms with Gasteiger partial charge < -0.3 is 4.74 Å². The average molecular weight is 305 g/mol. The van der Waals surface area contributed by atoms with Gasteiger partial charge in [0.15, 0.2) is 17.4 Å². The van der Waals surface area contributed by atoms with Crippen molar-refractivity contribution in [3.05, 3.63) is 52.1 Å². The molecule has 0 saturated heterocycles. The third kappa shape index (κ3) is 2.22. The molecule has 2 rings (SSSR count). The molecule has 2 aromatic rings. The van der Waals surface area contributed by atoms with Crippen molar-refractivity contribution in [1.82, 2.24) is 0 Å². The fraction of sp³-hybridized carbons (Fsp3) is 0.143. The summed E-state index contributed by atoms with van der Waals surface area (Å²) in [5.74, 6) is -7.32. The second kappa shape index (κ2) is 5.32. The molecule has 0 aliphatic rings. The summed E-state index contributed by atoms with van der Waals surface area (Å²) >= 11 is 5.85. The Labute approximate surface area is 117 Å². The third-order valence-electron chi connectivity index (χ3n) is 2.89. The summed E-state index contributed by atoms with van der Waals surface area (Å²) in [6.07, 6.45) is 0. The molecule has 0 fully saturated rings. The van der Waals surface area contributed by atoms with Crippen molar-refractivity contribution in [1.29, 1.82) is 0 Å². The van der Waals surface area contributed by atoms with E-state index in [1.54, 1.807) is 6.92 Å². The van der Waals surface area contributed by atoms with Gasteiger partial charge in [0.25, 0.3) is 0 Å². The van der Waals surface area contributed by atoms with Gasteiger partial charge in [-0.3, -0.25) is 0 Å². The summed E-state index contributed by atoms with van der Waals surface area (Å²) < 4.78 is 59.4. The molecule has 0 radical (unpaired) electrons. The van der Waals surface area contributed by atoms with E-state index in [0.717, 1.165) is 7.11 Å². The molecule has 0 N–H and O–H groups in total. The van der Waals surface area contributed by atoms with Gasteiger partial charge in [-0.1, -0.05) is 23.7 Å². The summed E-state index contributed by atoms with van der Waals surface area (Å²) in [6, 6.07) is 4.06. The molecule has 0 bridgehead atoms. The summed E-state index contributed by atoms with van der Waals surface area (Å²) in [5, 5.41) is 0.234. The molecule has 0 aliphatic heterocycles. The quantitative estimate of drug-likeness (QED) is 0.567. The van der Waals surface area contributed by atoms with Crippen LogP contribution in [0.4, 0.5) is 17.6 Å². The van der Waals surface area contributed by atoms with Gasteiger partial charge in [-0.25, -0.2) is 8.78 Å². The Kier molecular flexibility index (Phi) is 3.90. The molecule has 1 nitrogen and oxygen atoms in total. The summed E-state index contributed by atoms with van der Waals surface area (Å²) in [5.41, 5.74) is -0.204. The Morgan fingerprint density at radius 1 is 0.950 bits per heavy atom. The van der Waals surface area contributed by atoms with E-state index in [9.17, 15) is 17.6 Å². The van der Waals surface area contributed by atoms with Crippen molar-refractivity contribution in [3.8, 4) is 16.9 Å². The standard InChI is InChI=1S/C14H9ClF4O/c1-6-3-4-7(5-8(6)15)9-10(16)12(18)14(20-2)13(19)11(9)17/h3-5H,1-2H3. The smallest absolute Gasteiger partial charge is 0.204 e. The van der Waals surface area contributed by atoms with Crippen molar-refractivity contribution in [3.63, 3.8) is 0 Å². The van der Waals surface area contributed by atoms with Gasteiger partial charge in [-0.05, 0) is 24.1 Å². The van der Waals surface area contributed by atoms with Crippen LogP contribution in [0.25, 0.3) is 11.1 Å². The van der Waals surface area contributed by atoms with E-state index in [4.69, 9.17) is 11.6 Å². The zero-order valence-electron chi connectivity index (χ0n) is 10.5. The van der Waals surface area contributed by atoms with Gasteiger partial charge >= 0.3 is 0 Å². The maximum absolute atomic E-state index is 13.9. The Bertz CT molecular complexity index is 656. The molecule has 6 heteroatoms. The Morgan fingerprint density at radius 3 is 1.95 bits per heavy atom. The van der Waals surface area contributed by atoms with Gasteiger partial charge in [0.1, 0.15) is 0 Å². The predicted molar refractivity (Wildman–Crippen MR) is 68.0 cm³/mol. The second-order valence-electron chi connectivity index (χ2n) is 4.13. The number of rotatable bonds is 2. The topological polar surface area (TPSA) is 9.23 Å². The Morgan fingerprint density at radius 2 is 1.50 bits per heavy atom. The molecule has 0 aromatic heterocycles. The largest absolute Gasteiger partial charge is 0.491 e. The first kappa shape index (κ1) is 14.7. The minimum atomic E-state index is -1.59. The van der Waals surface area contributed by atoms with Gasteiger partial charge in [0.2, 0.25) is 11.6 Å². The van der Waals surface area contributed by atoms with Gasteiger partial charge in [-0.15, -0.1) is 0 Å². The summed E-state index contributed by atoms with van der Waals surface area (Å²) in [6.45, 7) is 1.69. The zero-order valence-corrected chi connectivity index (χ0v) is 11.3. The minimum absolute atomic E-state index is 0.0592. The Hall–Kier alpha value is -1.75. The van der Waals surface area contributed by atoms with E-state index < -0.39 is 34.6 Å². The molecule has 106 valence electrons. The third-order valence-corrected chi connectivity index (χ3v) is 3.29. The lowest BCUT2D eigenvalue weighted by Gasteiger charge is -2.12. The number of methoxy groups -OCH3 is 1. The number of benzene rings is 2. The summed E-state index contributed by atoms with van der Waals surface area (Å²) in [4.78, 5) is 0. The zero-order chi connectivity index (χ0) is 15.0. The van der Waals surface area contributed by atoms with E-state index in [0.29, 0.717) is 5.56 Å². The molecule has 2 aromatic carbocycles. The van der Waals surface area contributed by atoms with Crippen molar-refractivity contribution in [2.24, 2.45) is 0 Å². The minimum Gasteiger partial charge on any atom is -0.491 e. The highest BCUT2D eigenvalue weighted by atomic mass is 35.5. The first-order valence-electron chi connectivity index (χ1n) is 5.55. The number of hydrogen-bond donors (Lipinski definition) is 0. The molecule has 0 atom stereocenters. The van der Waals surface area contributed by atoms with Gasteiger partial charge in [0, 0.05) is 5.02 Å². The first-order chi connectivity index (χ1) is 9.38. The van der Waals surface area contributed by atoms with Crippen LogP contribution in [0.15, 0.2) is 18.2 Å². The highest BCUT2D eigenvalue weighted by Crippen LogP contribution is 2.36. The van der Waals surface area contributed by atoms with Crippen LogP contribution in [0.2, 0.25) is 5.02 Å². The number of ether oxygens (including phenoxy) is 1. The van der Waals surface area contributed by atoms with E-state index >= 15 is 0 Å². The normalized spacial score (nSPS) is 10.8. The predicted octanol–water partition coefficient (Wildman–Crippen LogP) is 4.88. The SMILES string of the molecule is COc1c(F)c(F)c(-c2ccc(C)c(Cl)c2)c(F)c1F. The van der Waals surface area contributed by atoms with Crippen molar-refractivity contribution in [2.45, 2.75) is 6.92 Å². The lowest BCUT2D eigenvalue weighted by atomic mass is 10.0. The van der Waals surface area contributed by atoms with E-state index in [-0.39, 0.29) is 10.6 Å². The molecular weight excluding hydrogens is 296 g/mol. The van der Waals surface area contributed by atoms with Crippen LogP contribution in [0, 0.1) is 30.2 Å². The molecule has 0 unspecified atom stereocenters. The van der Waals surface area contributed by atoms with Crippen molar-refractivity contribution < 1.29 is 22.3 Å². The molecule has 0 amide bonds. The van der Waals surface area contributed by atoms with Crippen LogP contribution in [-0.4, -0.2) is 7.11 Å². The van der Waals surface area contributed by atoms with Crippen LogP contribution in [-0.2, 0) is 0 Å². The van der Waals surface area contributed by atoms with Crippen LogP contribution in [0.3, 0.4) is 0 Å². The number of aryl methyl sites for hydroxylation is 1. The second-order valence-corrected chi connectivity index (χ2v) is 4.54. The maximum atomic E-state index is 13.9. The molecule has 0 heterocycles. The fourth-order valence-electron chi connectivity index (χ4n) is 1.79. The first-order valence-corrected chi connectivity index (χ1v) is 5.92. The van der Waals surface area contributed by atoms with Gasteiger partial charge in [-0.2, -0.15) is 8.78 Å². The number of halogens is 5. The lowest BCUT2D eigenvalue weighted by molar-refractivity contribution is 0.334. The van der Waals surface area contributed by atoms with Crippen LogP contribution in [0.1, 0.15) is 5.56 Å². The molecule has 0 aliphatic carbocycles. The molecule has 20 heavy (non-hydrogen) atoms. The highest BCUT2D eigenvalue weighted by Gasteiger charge is 2.27. The van der Waals surface area contributed by atoms with Crippen LogP contribution >= 0.6 is 11.6 Å². The van der Waals surface area contributed by atoms with Crippen LogP contribution in [0.5, 0.6) is 5.75 Å². The van der Waals surface area contributed by atoms with E-state index in [2.05, 4.69) is 4.74 Å². The highest BCUT2D eigenvalue weighted by molar-refractivity contribution is 6.31. The van der Waals surface area contributed by atoms with Gasteiger partial charge in [0.05, 0.1) is 12.7 Å². The van der Waals surface area contributed by atoms with E-state index in [1.165, 1.54) is 18.2 Å². The summed E-state index contributed by atoms with van der Waals surface area (Å²) in [7, 11) is 0.919. The monoisotopic (exact) mass is 304 g/mol. The number of hydrogen-bond acceptors (Lipinski definition) is 1.